The average molecular weight is 483 g/mol. The number of urea groups is 1. The van der Waals surface area contributed by atoms with Crippen LogP contribution in [-0.2, 0) is 15.1 Å². The molecule has 2 aliphatic heterocycles. The van der Waals surface area contributed by atoms with Crippen molar-refractivity contribution in [1.82, 2.24) is 20.0 Å². The van der Waals surface area contributed by atoms with Crippen LogP contribution in [0.4, 0.5) is 4.79 Å². The highest BCUT2D eigenvalue weighted by atomic mass is 16.2. The number of rotatable bonds is 6. The Morgan fingerprint density at radius 1 is 0.806 bits per heavy atom. The number of hydrogen-bond donors (Lipinski definition) is 1. The minimum Gasteiger partial charge on any atom is -0.339 e. The number of amides is 4. The molecule has 7 heteroatoms. The second kappa shape index (κ2) is 9.95. The molecule has 0 aliphatic carbocycles. The molecule has 3 aromatic carbocycles. The Labute approximate surface area is 211 Å². The maximum Gasteiger partial charge on any atom is 0.325 e. The Bertz CT molecular complexity index is 1190. The quantitative estimate of drug-likeness (QED) is 0.547. The summed E-state index contributed by atoms with van der Waals surface area (Å²) < 4.78 is 0. The molecule has 4 amide bonds. The lowest BCUT2D eigenvalue weighted by atomic mass is 9.92. The van der Waals surface area contributed by atoms with E-state index in [2.05, 4.69) is 34.5 Å². The summed E-state index contributed by atoms with van der Waals surface area (Å²) in [7, 11) is 0. The van der Waals surface area contributed by atoms with Crippen molar-refractivity contribution in [3.63, 3.8) is 0 Å². The molecule has 7 nitrogen and oxygen atoms in total. The molecule has 0 bridgehead atoms. The van der Waals surface area contributed by atoms with Crippen molar-refractivity contribution in [3.05, 3.63) is 108 Å². The van der Waals surface area contributed by atoms with Crippen molar-refractivity contribution >= 4 is 17.8 Å². The summed E-state index contributed by atoms with van der Waals surface area (Å²) in [6, 6.07) is 29.4. The first-order chi connectivity index (χ1) is 17.5. The average Bonchev–Trinajstić information content (AvgIpc) is 3.14. The zero-order valence-electron chi connectivity index (χ0n) is 20.3. The van der Waals surface area contributed by atoms with Gasteiger partial charge >= 0.3 is 6.03 Å². The van der Waals surface area contributed by atoms with E-state index < -0.39 is 17.5 Å². The highest BCUT2D eigenvalue weighted by Crippen LogP contribution is 2.30. The number of benzene rings is 3. The third-order valence-corrected chi connectivity index (χ3v) is 7.18. The maximum absolute atomic E-state index is 13.2. The SMILES string of the molecule is CC1(c2ccccc2)NC(=O)N(CC(=O)N2CCN(C(c3ccccc3)c3ccccc3)CC2)C1=O. The van der Waals surface area contributed by atoms with E-state index in [1.54, 1.807) is 24.0 Å². The number of carbonyl (C=O) groups excluding carboxylic acids is 3. The Kier molecular flexibility index (Phi) is 6.57. The van der Waals surface area contributed by atoms with Gasteiger partial charge in [0.2, 0.25) is 5.91 Å². The lowest BCUT2D eigenvalue weighted by Gasteiger charge is -2.40. The molecule has 1 atom stereocenters. The van der Waals surface area contributed by atoms with Crippen molar-refractivity contribution in [2.24, 2.45) is 0 Å². The summed E-state index contributed by atoms with van der Waals surface area (Å²) in [6.45, 7) is 3.89. The molecule has 0 aromatic heterocycles. The molecular weight excluding hydrogens is 452 g/mol. The summed E-state index contributed by atoms with van der Waals surface area (Å²) in [4.78, 5) is 44.2. The number of nitrogens with one attached hydrogen (secondary N) is 1. The smallest absolute Gasteiger partial charge is 0.325 e. The normalized spacial score (nSPS) is 20.6. The summed E-state index contributed by atoms with van der Waals surface area (Å²) >= 11 is 0. The molecule has 3 aromatic rings. The van der Waals surface area contributed by atoms with Gasteiger partial charge in [0, 0.05) is 26.2 Å². The van der Waals surface area contributed by atoms with Crippen LogP contribution in [0.3, 0.4) is 0 Å². The fourth-order valence-corrected chi connectivity index (χ4v) is 5.16. The van der Waals surface area contributed by atoms with E-state index in [1.165, 1.54) is 11.1 Å². The standard InChI is InChI=1S/C29H30N4O3/c1-29(24-15-9-4-10-16-24)27(35)33(28(36)30-29)21-25(34)31-17-19-32(20-18-31)26(22-11-5-2-6-12-22)23-13-7-3-8-14-23/h2-16,26H,17-21H2,1H3,(H,30,36). The Morgan fingerprint density at radius 3 is 1.83 bits per heavy atom. The molecule has 0 spiro atoms. The van der Waals surface area contributed by atoms with E-state index in [9.17, 15) is 14.4 Å². The zero-order chi connectivity index (χ0) is 25.1. The van der Waals surface area contributed by atoms with E-state index >= 15 is 0 Å². The highest BCUT2D eigenvalue weighted by molar-refractivity contribution is 6.09. The molecule has 36 heavy (non-hydrogen) atoms. The van der Waals surface area contributed by atoms with Crippen LogP contribution in [0.1, 0.15) is 29.7 Å². The van der Waals surface area contributed by atoms with Crippen molar-refractivity contribution in [2.75, 3.05) is 32.7 Å². The van der Waals surface area contributed by atoms with Gasteiger partial charge in [-0.2, -0.15) is 0 Å². The van der Waals surface area contributed by atoms with Crippen molar-refractivity contribution in [2.45, 2.75) is 18.5 Å². The molecule has 2 fully saturated rings. The van der Waals surface area contributed by atoms with E-state index in [-0.39, 0.29) is 18.5 Å². The molecule has 184 valence electrons. The number of piperazine rings is 1. The van der Waals surface area contributed by atoms with Gasteiger partial charge in [-0.05, 0) is 23.6 Å². The van der Waals surface area contributed by atoms with Gasteiger partial charge in [-0.3, -0.25) is 19.4 Å². The maximum atomic E-state index is 13.2. The van der Waals surface area contributed by atoms with Crippen LogP contribution < -0.4 is 5.32 Å². The fourth-order valence-electron chi connectivity index (χ4n) is 5.16. The number of hydrogen-bond acceptors (Lipinski definition) is 4. The molecular formula is C29H30N4O3. The highest BCUT2D eigenvalue weighted by Gasteiger charge is 2.49. The van der Waals surface area contributed by atoms with Gasteiger partial charge < -0.3 is 10.2 Å². The summed E-state index contributed by atoms with van der Waals surface area (Å²) in [5.74, 6) is -0.620. The van der Waals surface area contributed by atoms with Gasteiger partial charge in [0.25, 0.3) is 5.91 Å². The first-order valence-corrected chi connectivity index (χ1v) is 12.3. The van der Waals surface area contributed by atoms with Gasteiger partial charge in [0.1, 0.15) is 12.1 Å². The molecule has 2 aliphatic rings. The van der Waals surface area contributed by atoms with Crippen LogP contribution in [0, 0.1) is 0 Å². The van der Waals surface area contributed by atoms with Gasteiger partial charge in [-0.15, -0.1) is 0 Å². The van der Waals surface area contributed by atoms with Crippen LogP contribution in [0.25, 0.3) is 0 Å². The first kappa shape index (κ1) is 23.8. The predicted molar refractivity (Wildman–Crippen MR) is 137 cm³/mol. The van der Waals surface area contributed by atoms with Crippen LogP contribution >= 0.6 is 0 Å². The Hall–Kier alpha value is -3.97. The Balaban J connectivity index is 1.25. The largest absolute Gasteiger partial charge is 0.339 e. The summed E-state index contributed by atoms with van der Waals surface area (Å²) in [5, 5.41) is 2.77. The minimum atomic E-state index is -1.17. The minimum absolute atomic E-state index is 0.0992. The fraction of sp³-hybridized carbons (Fsp3) is 0.276. The van der Waals surface area contributed by atoms with Crippen molar-refractivity contribution in [3.8, 4) is 0 Å². The third kappa shape index (κ3) is 4.50. The predicted octanol–water partition coefficient (Wildman–Crippen LogP) is 3.39. The van der Waals surface area contributed by atoms with Crippen LogP contribution in [0.5, 0.6) is 0 Å². The van der Waals surface area contributed by atoms with E-state index in [1.807, 2.05) is 54.6 Å². The van der Waals surface area contributed by atoms with Crippen LogP contribution in [0.15, 0.2) is 91.0 Å². The second-order valence-electron chi connectivity index (χ2n) is 9.45. The van der Waals surface area contributed by atoms with Crippen LogP contribution in [0.2, 0.25) is 0 Å². The molecule has 0 saturated carbocycles. The molecule has 1 unspecified atom stereocenters. The van der Waals surface area contributed by atoms with E-state index in [4.69, 9.17) is 0 Å². The lowest BCUT2D eigenvalue weighted by Crippen LogP contribution is -2.52. The lowest BCUT2D eigenvalue weighted by molar-refractivity contribution is -0.140. The van der Waals surface area contributed by atoms with Gasteiger partial charge in [-0.1, -0.05) is 91.0 Å². The van der Waals surface area contributed by atoms with Crippen molar-refractivity contribution < 1.29 is 14.4 Å². The molecule has 2 saturated heterocycles. The molecule has 1 N–H and O–H groups in total. The molecule has 2 heterocycles. The van der Waals surface area contributed by atoms with Crippen molar-refractivity contribution in [1.29, 1.82) is 0 Å². The number of carbonyl (C=O) groups is 3. The molecule has 5 rings (SSSR count). The second-order valence-corrected chi connectivity index (χ2v) is 9.45. The number of nitrogens with zero attached hydrogens (tertiary/aromatic N) is 3. The summed E-state index contributed by atoms with van der Waals surface area (Å²) in [5.41, 5.74) is 1.95. The third-order valence-electron chi connectivity index (χ3n) is 7.18. The zero-order valence-corrected chi connectivity index (χ0v) is 20.3. The first-order valence-electron chi connectivity index (χ1n) is 12.3. The van der Waals surface area contributed by atoms with Gasteiger partial charge in [0.05, 0.1) is 6.04 Å². The van der Waals surface area contributed by atoms with Crippen LogP contribution in [-0.4, -0.2) is 65.3 Å². The Morgan fingerprint density at radius 2 is 1.31 bits per heavy atom. The summed E-state index contributed by atoms with van der Waals surface area (Å²) in [6.07, 6.45) is 0. The number of imide groups is 1. The van der Waals surface area contributed by atoms with E-state index in [0.717, 1.165) is 4.90 Å². The monoisotopic (exact) mass is 482 g/mol. The van der Waals surface area contributed by atoms with Gasteiger partial charge in [-0.25, -0.2) is 4.79 Å². The topological polar surface area (TPSA) is 73.0 Å². The van der Waals surface area contributed by atoms with Gasteiger partial charge in [0.15, 0.2) is 0 Å². The molecule has 0 radical (unpaired) electrons. The van der Waals surface area contributed by atoms with E-state index in [0.29, 0.717) is 31.7 Å².